The minimum absolute atomic E-state index is 0. The Bertz CT molecular complexity index is 409. The average Bonchev–Trinajstić information content (AvgIpc) is 2.24. The van der Waals surface area contributed by atoms with Gasteiger partial charge in [0.05, 0.1) is 5.40 Å². The summed E-state index contributed by atoms with van der Waals surface area (Å²) in [7, 11) is -10.5. The molecule has 0 rings (SSSR count). The van der Waals surface area contributed by atoms with Gasteiger partial charge in [0.2, 0.25) is 0 Å². The topological polar surface area (TPSA) is 124 Å². The summed E-state index contributed by atoms with van der Waals surface area (Å²) < 4.78 is 21.8. The van der Waals surface area contributed by atoms with Crippen LogP contribution >= 0.6 is 15.2 Å². The molecular formula is C13H25K3O6P2. The van der Waals surface area contributed by atoms with Gasteiger partial charge in [-0.3, -0.25) is 0 Å². The summed E-state index contributed by atoms with van der Waals surface area (Å²) in [6.45, 7) is 6.14. The first-order valence-corrected chi connectivity index (χ1v) is 10.4. The zero-order chi connectivity index (χ0) is 16.7. The number of hydrogen-bond acceptors (Lipinski definition) is 5. The van der Waals surface area contributed by atoms with E-state index < -0.39 is 20.6 Å². The van der Waals surface area contributed by atoms with Gasteiger partial charge in [-0.05, 0) is 39.0 Å². The van der Waals surface area contributed by atoms with Crippen LogP contribution in [0.1, 0.15) is 59.3 Å². The van der Waals surface area contributed by atoms with E-state index in [2.05, 4.69) is 13.0 Å². The zero-order valence-corrected chi connectivity index (χ0v) is 27.0. The smallest absolute Gasteiger partial charge is 0.810 e. The summed E-state index contributed by atoms with van der Waals surface area (Å²) in [5, 5.41) is -2.19. The number of rotatable bonds is 10. The molecule has 0 aliphatic carbocycles. The predicted molar refractivity (Wildman–Crippen MR) is 77.5 cm³/mol. The monoisotopic (exact) mass is 456 g/mol. The average molecular weight is 457 g/mol. The first kappa shape index (κ1) is 36.3. The third kappa shape index (κ3) is 20.2. The second-order valence-corrected chi connectivity index (χ2v) is 9.70. The summed E-state index contributed by atoms with van der Waals surface area (Å²) in [5.74, 6) is 0.443. The van der Waals surface area contributed by atoms with E-state index in [1.54, 1.807) is 0 Å². The van der Waals surface area contributed by atoms with Gasteiger partial charge in [0.15, 0.2) is 0 Å². The molecule has 0 saturated heterocycles. The molecule has 2 unspecified atom stereocenters. The molecule has 1 N–H and O–H groups in total. The van der Waals surface area contributed by atoms with Gasteiger partial charge in [-0.25, -0.2) is 0 Å². The molecule has 0 bridgehead atoms. The van der Waals surface area contributed by atoms with Gasteiger partial charge in [0.1, 0.15) is 7.60 Å². The number of hydrogen-bond donors (Lipinski definition) is 1. The quantitative estimate of drug-likeness (QED) is 0.151. The van der Waals surface area contributed by atoms with Gasteiger partial charge in [0.25, 0.3) is 0 Å². The molecule has 0 radical (unpaired) electrons. The van der Waals surface area contributed by atoms with E-state index in [1.165, 1.54) is 5.57 Å². The molecule has 126 valence electrons. The molecule has 0 spiro atoms. The van der Waals surface area contributed by atoms with Crippen LogP contribution < -0.4 is 169 Å². The van der Waals surface area contributed by atoms with E-state index in [9.17, 15) is 23.8 Å². The van der Waals surface area contributed by atoms with Crippen molar-refractivity contribution in [1.29, 1.82) is 0 Å². The van der Waals surface area contributed by atoms with Crippen LogP contribution in [0.15, 0.2) is 11.6 Å². The normalized spacial score (nSPS) is 15.6. The first-order valence-electron chi connectivity index (χ1n) is 7.13. The summed E-state index contributed by atoms with van der Waals surface area (Å²) >= 11 is 0. The Balaban J connectivity index is -0.000000667. The van der Waals surface area contributed by atoms with Gasteiger partial charge in [0, 0.05) is 0 Å². The van der Waals surface area contributed by atoms with E-state index in [0.29, 0.717) is 18.8 Å². The molecule has 0 aromatic heterocycles. The third-order valence-corrected chi connectivity index (χ3v) is 7.09. The van der Waals surface area contributed by atoms with Crippen molar-refractivity contribution in [3.8, 4) is 0 Å². The van der Waals surface area contributed by atoms with Crippen LogP contribution in [0.2, 0.25) is 0 Å². The van der Waals surface area contributed by atoms with Crippen molar-refractivity contribution in [2.75, 3.05) is 0 Å². The van der Waals surface area contributed by atoms with Crippen LogP contribution in [-0.2, 0) is 9.13 Å². The molecule has 0 aromatic rings. The van der Waals surface area contributed by atoms with Crippen LogP contribution in [-0.4, -0.2) is 10.3 Å². The Morgan fingerprint density at radius 2 is 1.46 bits per heavy atom. The Hall–Kier alpha value is 4.95. The molecule has 3 atom stereocenters. The number of allylic oxidation sites excluding steroid dienone is 2. The van der Waals surface area contributed by atoms with Crippen molar-refractivity contribution in [1.82, 2.24) is 0 Å². The third-order valence-electron chi connectivity index (χ3n) is 3.36. The van der Waals surface area contributed by atoms with Crippen molar-refractivity contribution < 1.29 is 183 Å². The molecule has 11 heteroatoms. The van der Waals surface area contributed by atoms with Gasteiger partial charge in [-0.2, -0.15) is 0 Å². The molecule has 24 heavy (non-hydrogen) atoms. The Kier molecular flexibility index (Phi) is 28.3. The second-order valence-electron chi connectivity index (χ2n) is 5.83. The van der Waals surface area contributed by atoms with E-state index in [-0.39, 0.29) is 161 Å². The maximum atomic E-state index is 10.9. The van der Waals surface area contributed by atoms with Crippen molar-refractivity contribution >= 4 is 15.2 Å². The maximum Gasteiger partial charge on any atom is 1.00 e. The number of unbranched alkanes of at least 4 members (excludes halogenated alkanes) is 1. The van der Waals surface area contributed by atoms with Crippen LogP contribution in [0.25, 0.3) is 0 Å². The fourth-order valence-corrected chi connectivity index (χ4v) is 4.56. The van der Waals surface area contributed by atoms with Gasteiger partial charge >= 0.3 is 154 Å². The van der Waals surface area contributed by atoms with Crippen molar-refractivity contribution in [2.24, 2.45) is 5.92 Å². The SMILES string of the molecule is CC(C)=CCCC(C)CCCC[C@@H](P(=O)([O-])[O-])P(=O)([O-])O.[K+].[K+].[K+]. The molecule has 0 fully saturated rings. The van der Waals surface area contributed by atoms with Gasteiger partial charge in [-0.15, -0.1) is 0 Å². The van der Waals surface area contributed by atoms with Crippen LogP contribution in [0.5, 0.6) is 0 Å². The fraction of sp³-hybridized carbons (Fsp3) is 0.846. The van der Waals surface area contributed by atoms with Crippen LogP contribution in [0.4, 0.5) is 0 Å². The molecular weight excluding hydrogens is 431 g/mol. The molecule has 0 aliphatic rings. The first-order chi connectivity index (χ1) is 9.44. The molecule has 6 nitrogen and oxygen atoms in total. The Labute approximate surface area is 273 Å². The minimum atomic E-state index is -5.32. The van der Waals surface area contributed by atoms with Gasteiger partial charge < -0.3 is 28.7 Å². The molecule has 0 amide bonds. The summed E-state index contributed by atoms with van der Waals surface area (Å²) in [5.41, 5.74) is 1.26. The van der Waals surface area contributed by atoms with E-state index in [4.69, 9.17) is 4.89 Å². The van der Waals surface area contributed by atoms with E-state index in [1.807, 2.05) is 13.8 Å². The minimum Gasteiger partial charge on any atom is -0.810 e. The standard InChI is InChI=1S/C13H28O6P2.3K/c1-11(2)7-6-9-12(3)8-4-5-10-13(20(14,15)16)21(17,18)19;;;/h7,12-13H,4-6,8-10H2,1-3H3,(H2,14,15,16)(H2,17,18,19);;;/q;3*+1/p-3. The summed E-state index contributed by atoms with van der Waals surface area (Å²) in [6, 6.07) is 0. The van der Waals surface area contributed by atoms with Crippen molar-refractivity contribution in [3.05, 3.63) is 11.6 Å². The molecule has 0 heterocycles. The predicted octanol–water partition coefficient (Wildman–Crippen LogP) is -7.27. The second kappa shape index (κ2) is 18.7. The molecule has 0 aliphatic heterocycles. The molecule has 0 aromatic carbocycles. The molecule has 0 saturated carbocycles. The Morgan fingerprint density at radius 3 is 1.83 bits per heavy atom. The van der Waals surface area contributed by atoms with Gasteiger partial charge in [-0.1, -0.05) is 45.4 Å². The fourth-order valence-electron chi connectivity index (χ4n) is 2.12. The van der Waals surface area contributed by atoms with Crippen molar-refractivity contribution in [2.45, 2.75) is 64.7 Å². The van der Waals surface area contributed by atoms with E-state index >= 15 is 0 Å². The largest absolute Gasteiger partial charge is 1.00 e. The summed E-state index contributed by atoms with van der Waals surface area (Å²) in [4.78, 5) is 41.4. The van der Waals surface area contributed by atoms with Crippen LogP contribution in [0.3, 0.4) is 0 Å². The van der Waals surface area contributed by atoms with Crippen molar-refractivity contribution in [3.63, 3.8) is 0 Å². The Morgan fingerprint density at radius 1 is 1.00 bits per heavy atom. The zero-order valence-electron chi connectivity index (χ0n) is 15.9. The van der Waals surface area contributed by atoms with Crippen LogP contribution in [0, 0.1) is 5.92 Å². The summed E-state index contributed by atoms with van der Waals surface area (Å²) in [6.07, 6.45) is 5.57. The van der Waals surface area contributed by atoms with E-state index in [0.717, 1.165) is 19.3 Å². The maximum absolute atomic E-state index is 10.9.